The van der Waals surface area contributed by atoms with E-state index < -0.39 is 8.80 Å². The molecule has 0 fully saturated rings. The SMILES string of the molecule is CCCCCCCCCCCCC(C)(CCCCCCCCCCCC)O[Si](CCCCCCCCCCCC)(OCC)OC(CCCCCCCCCCCC)(CCCCCCCCCCCC)C(CCCCCCCCCCCC)(CCCCCCCCCCCC)CCCCCCCCCCCC. The fourth-order valence-electron chi connectivity index (χ4n) is 18.7. The molecule has 106 heavy (non-hydrogen) atoms. The minimum atomic E-state index is -3.39. The molecule has 0 amide bonds. The van der Waals surface area contributed by atoms with E-state index in [0.29, 0.717) is 6.61 Å². The Morgan fingerprint density at radius 2 is 0.330 bits per heavy atom. The highest BCUT2D eigenvalue weighted by Gasteiger charge is 2.58. The molecule has 0 N–H and O–H groups in total. The Balaban J connectivity index is 8.70. The second-order valence-corrected chi connectivity index (χ2v) is 39.1. The number of rotatable bonds is 95. The van der Waals surface area contributed by atoms with Crippen LogP contribution in [0.1, 0.15) is 628 Å². The monoisotopic (exact) mass is 1510 g/mol. The van der Waals surface area contributed by atoms with Gasteiger partial charge in [0.25, 0.3) is 0 Å². The van der Waals surface area contributed by atoms with E-state index in [1.165, 1.54) is 546 Å². The maximum Gasteiger partial charge on any atom is 0.501 e. The minimum Gasteiger partial charge on any atom is -0.374 e. The number of hydrogen-bond acceptors (Lipinski definition) is 3. The molecular formula is C102H208O3Si. The fourth-order valence-corrected chi connectivity index (χ4v) is 22.4. The Labute approximate surface area is 675 Å². The summed E-state index contributed by atoms with van der Waals surface area (Å²) in [5.74, 6) is 0. The highest BCUT2D eigenvalue weighted by Crippen LogP contribution is 2.55. The third kappa shape index (κ3) is 66.4. The Morgan fingerprint density at radius 1 is 0.170 bits per heavy atom. The first-order chi connectivity index (χ1) is 52.2. The predicted octanol–water partition coefficient (Wildman–Crippen LogP) is 38.6. The second-order valence-electron chi connectivity index (χ2n) is 36.5. The molecule has 0 bridgehead atoms. The standard InChI is InChI=1S/C102H208O3Si/c1-11-20-28-36-44-52-60-68-76-84-92-100(10,93-85-77-69-61-53-45-37-29-21-12-2)104-106(103-19-9,99-91-83-75-67-59-51-43-35-27-18-8)105-102(97-89-81-73-65-57-49-41-33-25-16-6,98-90-82-74-66-58-50-42-34-26-17-7)101(94-86-78-70-62-54-46-38-30-22-13-3,95-87-79-71-63-55-47-39-31-23-14-4)96-88-80-72-64-56-48-40-32-24-15-5/h11-99H2,1-10H3. The molecule has 0 rings (SSSR count). The Kier molecular flexibility index (Phi) is 84.6. The van der Waals surface area contributed by atoms with E-state index in [4.69, 9.17) is 8.85 Å². The average Bonchev–Trinajstić information content (AvgIpc) is 0.748. The van der Waals surface area contributed by atoms with Crippen molar-refractivity contribution >= 4 is 8.80 Å². The van der Waals surface area contributed by atoms with Crippen molar-refractivity contribution in [1.29, 1.82) is 0 Å². The first-order valence-corrected chi connectivity index (χ1v) is 53.2. The highest BCUT2D eigenvalue weighted by atomic mass is 28.4. The molecule has 1 atom stereocenters. The molecule has 0 aliphatic rings. The second kappa shape index (κ2) is 84.5. The largest absolute Gasteiger partial charge is 0.501 e. The average molecular weight is 1510 g/mol. The van der Waals surface area contributed by atoms with Crippen LogP contribution in [0.15, 0.2) is 0 Å². The van der Waals surface area contributed by atoms with Crippen LogP contribution >= 0.6 is 0 Å². The van der Waals surface area contributed by atoms with Crippen molar-refractivity contribution in [2.24, 2.45) is 5.41 Å². The van der Waals surface area contributed by atoms with Crippen LogP contribution in [0.4, 0.5) is 0 Å². The molecule has 0 spiro atoms. The van der Waals surface area contributed by atoms with Gasteiger partial charge in [-0.2, -0.15) is 0 Å². The van der Waals surface area contributed by atoms with Gasteiger partial charge in [-0.3, -0.25) is 0 Å². The first kappa shape index (κ1) is 106. The first-order valence-electron chi connectivity index (χ1n) is 51.3. The highest BCUT2D eigenvalue weighted by molar-refractivity contribution is 6.61. The van der Waals surface area contributed by atoms with Crippen molar-refractivity contribution in [3.05, 3.63) is 0 Å². The summed E-state index contributed by atoms with van der Waals surface area (Å²) in [5.41, 5.74) is -0.376. The topological polar surface area (TPSA) is 27.7 Å². The lowest BCUT2D eigenvalue weighted by Gasteiger charge is -2.56. The van der Waals surface area contributed by atoms with Crippen LogP contribution in [0.25, 0.3) is 0 Å². The molecule has 0 aliphatic carbocycles. The van der Waals surface area contributed by atoms with Crippen LogP contribution in [0, 0.1) is 5.41 Å². The number of hydrogen-bond donors (Lipinski definition) is 0. The van der Waals surface area contributed by atoms with Crippen LogP contribution in [-0.4, -0.2) is 26.6 Å². The zero-order valence-corrected chi connectivity index (χ0v) is 77.2. The van der Waals surface area contributed by atoms with Gasteiger partial charge in [-0.25, -0.2) is 0 Å². The van der Waals surface area contributed by atoms with Crippen LogP contribution in [0.2, 0.25) is 6.04 Å². The molecular weight excluding hydrogens is 1300 g/mol. The van der Waals surface area contributed by atoms with Gasteiger partial charge >= 0.3 is 8.80 Å². The van der Waals surface area contributed by atoms with Gasteiger partial charge in [-0.1, -0.05) is 563 Å². The van der Waals surface area contributed by atoms with Crippen molar-refractivity contribution in [1.82, 2.24) is 0 Å². The lowest BCUT2D eigenvalue weighted by Crippen LogP contribution is -2.62. The molecule has 0 radical (unpaired) electrons. The van der Waals surface area contributed by atoms with E-state index in [-0.39, 0.29) is 16.6 Å². The van der Waals surface area contributed by atoms with Gasteiger partial charge in [-0.05, 0) is 70.6 Å². The molecule has 0 aromatic carbocycles. The molecule has 0 aromatic rings. The molecule has 0 saturated carbocycles. The van der Waals surface area contributed by atoms with Crippen molar-refractivity contribution in [3.63, 3.8) is 0 Å². The third-order valence-electron chi connectivity index (χ3n) is 25.9. The lowest BCUT2D eigenvalue weighted by molar-refractivity contribution is -0.151. The van der Waals surface area contributed by atoms with Gasteiger partial charge in [0.2, 0.25) is 0 Å². The Hall–Kier alpha value is 0.0969. The zero-order chi connectivity index (χ0) is 77.1. The molecule has 4 heteroatoms. The van der Waals surface area contributed by atoms with E-state index in [9.17, 15) is 4.43 Å². The minimum absolute atomic E-state index is 0.117. The van der Waals surface area contributed by atoms with Gasteiger partial charge in [-0.15, -0.1) is 0 Å². The predicted molar refractivity (Wildman–Crippen MR) is 485 cm³/mol. The summed E-state index contributed by atoms with van der Waals surface area (Å²) in [5, 5.41) is 0. The van der Waals surface area contributed by atoms with Crippen LogP contribution in [-0.2, 0) is 13.3 Å². The molecule has 0 aromatic heterocycles. The van der Waals surface area contributed by atoms with Gasteiger partial charge in [0.15, 0.2) is 0 Å². The van der Waals surface area contributed by atoms with Gasteiger partial charge in [0.05, 0.1) is 11.2 Å². The van der Waals surface area contributed by atoms with E-state index in [1.807, 2.05) is 0 Å². The Morgan fingerprint density at radius 3 is 0.519 bits per heavy atom. The van der Waals surface area contributed by atoms with E-state index in [2.05, 4.69) is 69.2 Å². The lowest BCUT2D eigenvalue weighted by atomic mass is 9.59. The van der Waals surface area contributed by atoms with Gasteiger partial charge in [0, 0.05) is 12.7 Å². The molecule has 1 unspecified atom stereocenters. The third-order valence-corrected chi connectivity index (χ3v) is 29.1. The van der Waals surface area contributed by atoms with Crippen LogP contribution in [0.5, 0.6) is 0 Å². The summed E-state index contributed by atoms with van der Waals surface area (Å²) in [4.78, 5) is 0. The molecule has 638 valence electrons. The summed E-state index contributed by atoms with van der Waals surface area (Å²) >= 11 is 0. The summed E-state index contributed by atoms with van der Waals surface area (Å²) < 4.78 is 25.9. The Bertz CT molecular complexity index is 1510. The zero-order valence-electron chi connectivity index (χ0n) is 76.2. The number of unbranched alkanes of at least 4 members (excludes halogenated alkanes) is 72. The quantitative estimate of drug-likeness (QED) is 0.0449. The van der Waals surface area contributed by atoms with E-state index in [1.54, 1.807) is 0 Å². The molecule has 0 saturated heterocycles. The normalized spacial score (nSPS) is 13.0. The van der Waals surface area contributed by atoms with Crippen molar-refractivity contribution in [2.45, 2.75) is 645 Å². The molecule has 3 nitrogen and oxygen atoms in total. The smallest absolute Gasteiger partial charge is 0.374 e. The molecule has 0 heterocycles. The fraction of sp³-hybridized carbons (Fsp3) is 1.00. The van der Waals surface area contributed by atoms with E-state index in [0.717, 1.165) is 18.9 Å². The van der Waals surface area contributed by atoms with Gasteiger partial charge < -0.3 is 13.3 Å². The van der Waals surface area contributed by atoms with Crippen LogP contribution in [0.3, 0.4) is 0 Å². The van der Waals surface area contributed by atoms with Crippen molar-refractivity contribution in [3.8, 4) is 0 Å². The summed E-state index contributed by atoms with van der Waals surface area (Å²) in [6, 6.07) is 1.02. The van der Waals surface area contributed by atoms with Crippen molar-refractivity contribution in [2.75, 3.05) is 6.61 Å². The van der Waals surface area contributed by atoms with Crippen LogP contribution < -0.4 is 0 Å². The summed E-state index contributed by atoms with van der Waals surface area (Å²) in [6.45, 7) is 24.7. The summed E-state index contributed by atoms with van der Waals surface area (Å²) in [7, 11) is -3.39. The van der Waals surface area contributed by atoms with E-state index >= 15 is 0 Å². The maximum atomic E-state index is 9.30. The van der Waals surface area contributed by atoms with Crippen molar-refractivity contribution < 1.29 is 13.3 Å². The maximum absolute atomic E-state index is 9.30. The van der Waals surface area contributed by atoms with Gasteiger partial charge in [0.1, 0.15) is 0 Å². The summed E-state index contributed by atoms with van der Waals surface area (Å²) in [6.07, 6.45) is 121. The molecule has 0 aliphatic heterocycles.